The first-order valence-electron chi connectivity index (χ1n) is 5.83. The quantitative estimate of drug-likeness (QED) is 0.840. The second-order valence-electron chi connectivity index (χ2n) is 4.18. The van der Waals surface area contributed by atoms with Crippen molar-refractivity contribution in [2.24, 2.45) is 0 Å². The smallest absolute Gasteiger partial charge is 0.0438 e. The number of hydrogen-bond acceptors (Lipinski definition) is 2. The van der Waals surface area contributed by atoms with E-state index in [1.165, 1.54) is 14.9 Å². The van der Waals surface area contributed by atoms with E-state index in [4.69, 9.17) is 11.6 Å². The van der Waals surface area contributed by atoms with E-state index in [0.29, 0.717) is 6.04 Å². The molecule has 1 aromatic carbocycles. The molecule has 0 radical (unpaired) electrons. The first-order chi connectivity index (χ1) is 8.70. The van der Waals surface area contributed by atoms with Crippen LogP contribution in [0.15, 0.2) is 40.2 Å². The topological polar surface area (TPSA) is 12.0 Å². The summed E-state index contributed by atoms with van der Waals surface area (Å²) in [7, 11) is 2.00. The first kappa shape index (κ1) is 14.1. The predicted octanol–water partition coefficient (Wildman–Crippen LogP) is 4.54. The molecule has 96 valence electrons. The highest BCUT2D eigenvalue weighted by Crippen LogP contribution is 2.25. The van der Waals surface area contributed by atoms with Gasteiger partial charge in [-0.05, 0) is 58.9 Å². The monoisotopic (exact) mass is 343 g/mol. The lowest BCUT2D eigenvalue weighted by Gasteiger charge is -2.16. The molecule has 0 aliphatic rings. The van der Waals surface area contributed by atoms with Crippen molar-refractivity contribution in [3.05, 3.63) is 55.6 Å². The zero-order chi connectivity index (χ0) is 13.0. The Morgan fingerprint density at radius 2 is 2.06 bits per heavy atom. The fraction of sp³-hybridized carbons (Fsp3) is 0.286. The van der Waals surface area contributed by atoms with Gasteiger partial charge in [0.1, 0.15) is 0 Å². The Morgan fingerprint density at radius 1 is 1.28 bits per heavy atom. The van der Waals surface area contributed by atoms with Gasteiger partial charge in [-0.25, -0.2) is 0 Å². The molecule has 0 aliphatic heterocycles. The Bertz CT molecular complexity index is 512. The molecule has 0 amide bonds. The minimum atomic E-state index is 0.403. The predicted molar refractivity (Wildman–Crippen MR) is 83.7 cm³/mol. The van der Waals surface area contributed by atoms with E-state index in [1.54, 1.807) is 11.3 Å². The highest BCUT2D eigenvalue weighted by atomic mass is 79.9. The summed E-state index contributed by atoms with van der Waals surface area (Å²) in [6, 6.07) is 10.5. The maximum atomic E-state index is 6.20. The van der Waals surface area contributed by atoms with Crippen molar-refractivity contribution in [1.82, 2.24) is 5.32 Å². The van der Waals surface area contributed by atoms with Crippen molar-refractivity contribution in [2.75, 3.05) is 7.05 Å². The Morgan fingerprint density at radius 3 is 2.67 bits per heavy atom. The van der Waals surface area contributed by atoms with Gasteiger partial charge in [0, 0.05) is 20.4 Å². The number of likely N-dealkylation sites (N-methyl/N-ethyl adjacent to an activating group) is 1. The molecule has 1 heterocycles. The van der Waals surface area contributed by atoms with E-state index in [1.807, 2.05) is 25.2 Å². The molecule has 1 atom stereocenters. The van der Waals surface area contributed by atoms with Crippen LogP contribution in [0, 0.1) is 0 Å². The lowest BCUT2D eigenvalue weighted by atomic mass is 10.0. The van der Waals surface area contributed by atoms with Crippen LogP contribution in [0.3, 0.4) is 0 Å². The molecular weight excluding hydrogens is 330 g/mol. The molecule has 2 rings (SSSR count). The third-order valence-electron chi connectivity index (χ3n) is 2.96. The number of hydrogen-bond donors (Lipinski definition) is 1. The lowest BCUT2D eigenvalue weighted by molar-refractivity contribution is 0.559. The molecule has 18 heavy (non-hydrogen) atoms. The van der Waals surface area contributed by atoms with Gasteiger partial charge in [0.2, 0.25) is 0 Å². The van der Waals surface area contributed by atoms with E-state index in [2.05, 4.69) is 38.8 Å². The molecule has 0 fully saturated rings. The largest absolute Gasteiger partial charge is 0.316 e. The minimum Gasteiger partial charge on any atom is -0.316 e. The van der Waals surface area contributed by atoms with Gasteiger partial charge in [0.15, 0.2) is 0 Å². The van der Waals surface area contributed by atoms with Gasteiger partial charge in [-0.3, -0.25) is 0 Å². The van der Waals surface area contributed by atoms with Crippen molar-refractivity contribution < 1.29 is 0 Å². The van der Waals surface area contributed by atoms with Gasteiger partial charge in [-0.1, -0.05) is 29.8 Å². The van der Waals surface area contributed by atoms with E-state index in [0.717, 1.165) is 17.9 Å². The van der Waals surface area contributed by atoms with E-state index in [-0.39, 0.29) is 0 Å². The number of halogens is 2. The molecule has 0 saturated heterocycles. The van der Waals surface area contributed by atoms with Gasteiger partial charge in [-0.15, -0.1) is 11.3 Å². The van der Waals surface area contributed by atoms with Crippen LogP contribution < -0.4 is 5.32 Å². The van der Waals surface area contributed by atoms with Crippen LogP contribution in [0.1, 0.15) is 10.4 Å². The highest BCUT2D eigenvalue weighted by Gasteiger charge is 2.12. The molecule has 0 saturated carbocycles. The molecule has 1 N–H and O–H groups in total. The fourth-order valence-corrected chi connectivity index (χ4v) is 3.71. The first-order valence-corrected chi connectivity index (χ1v) is 7.88. The second-order valence-corrected chi connectivity index (χ2v) is 6.44. The summed E-state index contributed by atoms with van der Waals surface area (Å²) in [5, 5.41) is 6.33. The van der Waals surface area contributed by atoms with Crippen LogP contribution in [0.5, 0.6) is 0 Å². The van der Waals surface area contributed by atoms with Crippen LogP contribution in [0.4, 0.5) is 0 Å². The van der Waals surface area contributed by atoms with Crippen molar-refractivity contribution in [3.63, 3.8) is 0 Å². The van der Waals surface area contributed by atoms with Crippen molar-refractivity contribution in [3.8, 4) is 0 Å². The maximum Gasteiger partial charge on any atom is 0.0438 e. The molecule has 0 spiro atoms. The molecule has 0 aliphatic carbocycles. The van der Waals surface area contributed by atoms with Crippen molar-refractivity contribution in [1.29, 1.82) is 0 Å². The van der Waals surface area contributed by atoms with Gasteiger partial charge in [0.25, 0.3) is 0 Å². The average molecular weight is 345 g/mol. The molecule has 1 aromatic heterocycles. The normalized spacial score (nSPS) is 12.6. The molecule has 1 unspecified atom stereocenters. The molecular formula is C14H15BrClNS. The second kappa shape index (κ2) is 6.71. The van der Waals surface area contributed by atoms with Crippen molar-refractivity contribution in [2.45, 2.75) is 18.9 Å². The molecule has 2 aromatic rings. The Balaban J connectivity index is 2.06. The summed E-state index contributed by atoms with van der Waals surface area (Å²) < 4.78 is 1.20. The standard InChI is InChI=1S/C14H15BrClNS/c1-17-11(9-14-12(15)6-7-18-14)8-10-4-2-3-5-13(10)16/h2-7,11,17H,8-9H2,1H3. The fourth-order valence-electron chi connectivity index (χ4n) is 1.90. The average Bonchev–Trinajstić information content (AvgIpc) is 2.77. The summed E-state index contributed by atoms with van der Waals surface area (Å²) in [6.45, 7) is 0. The van der Waals surface area contributed by atoms with Crippen LogP contribution >= 0.6 is 38.9 Å². The zero-order valence-electron chi connectivity index (χ0n) is 10.1. The summed E-state index contributed by atoms with van der Waals surface area (Å²) in [6.07, 6.45) is 1.96. The lowest BCUT2D eigenvalue weighted by Crippen LogP contribution is -2.29. The zero-order valence-corrected chi connectivity index (χ0v) is 13.3. The summed E-state index contributed by atoms with van der Waals surface area (Å²) in [5.74, 6) is 0. The summed E-state index contributed by atoms with van der Waals surface area (Å²) >= 11 is 11.6. The minimum absolute atomic E-state index is 0.403. The Labute approximate surface area is 125 Å². The maximum absolute atomic E-state index is 6.20. The van der Waals surface area contributed by atoms with Gasteiger partial charge < -0.3 is 5.32 Å². The third-order valence-corrected chi connectivity index (χ3v) is 5.27. The Kier molecular flexibility index (Phi) is 5.25. The number of nitrogens with one attached hydrogen (secondary N) is 1. The number of thiophene rings is 1. The van der Waals surface area contributed by atoms with Gasteiger partial charge in [0.05, 0.1) is 0 Å². The summed E-state index contributed by atoms with van der Waals surface area (Å²) in [5.41, 5.74) is 1.20. The van der Waals surface area contributed by atoms with Crippen LogP contribution in [0.25, 0.3) is 0 Å². The highest BCUT2D eigenvalue weighted by molar-refractivity contribution is 9.10. The van der Waals surface area contributed by atoms with Crippen LogP contribution in [0.2, 0.25) is 5.02 Å². The third kappa shape index (κ3) is 3.58. The van der Waals surface area contributed by atoms with E-state index in [9.17, 15) is 0 Å². The number of benzene rings is 1. The van der Waals surface area contributed by atoms with Crippen molar-refractivity contribution >= 4 is 38.9 Å². The van der Waals surface area contributed by atoms with Crippen LogP contribution in [-0.2, 0) is 12.8 Å². The Hall–Kier alpha value is -0.350. The summed E-state index contributed by atoms with van der Waals surface area (Å²) in [4.78, 5) is 1.38. The molecule has 1 nitrogen and oxygen atoms in total. The SMILES string of the molecule is CNC(Cc1ccccc1Cl)Cc1sccc1Br. The van der Waals surface area contributed by atoms with E-state index < -0.39 is 0 Å². The van der Waals surface area contributed by atoms with Crippen LogP contribution in [-0.4, -0.2) is 13.1 Å². The van der Waals surface area contributed by atoms with Gasteiger partial charge in [-0.2, -0.15) is 0 Å². The molecule has 4 heteroatoms. The molecule has 0 bridgehead atoms. The number of rotatable bonds is 5. The van der Waals surface area contributed by atoms with Gasteiger partial charge >= 0.3 is 0 Å². The van der Waals surface area contributed by atoms with E-state index >= 15 is 0 Å².